The number of hydrogen-bond acceptors (Lipinski definition) is 2. The lowest BCUT2D eigenvalue weighted by atomic mass is 9.99. The average molecular weight is 906 g/mol. The Balaban J connectivity index is 1.07. The van der Waals surface area contributed by atoms with Crippen LogP contribution < -0.4 is 0 Å². The Morgan fingerprint density at radius 1 is 0.254 bits per heavy atom. The number of rotatable bonds is 5. The van der Waals surface area contributed by atoms with Gasteiger partial charge < -0.3 is 22.5 Å². The number of hydrogen-bond donors (Lipinski definition) is 0. The average Bonchev–Trinajstić information content (AvgIpc) is 4.25. The van der Waals surface area contributed by atoms with Gasteiger partial charge in [0.25, 0.3) is 0 Å². The molecule has 0 spiro atoms. The summed E-state index contributed by atoms with van der Waals surface area (Å²) >= 11 is 0. The van der Waals surface area contributed by atoms with Crippen LogP contribution in [-0.2, 0) is 0 Å². The zero-order valence-corrected chi connectivity index (χ0v) is 38.2. The van der Waals surface area contributed by atoms with Crippen LogP contribution in [0.25, 0.3) is 149 Å². The molecule has 5 aromatic heterocycles. The second kappa shape index (κ2) is 14.5. The summed E-state index contributed by atoms with van der Waals surface area (Å²) in [4.78, 5) is 0. The van der Waals surface area contributed by atoms with E-state index < -0.39 is 0 Å². The van der Waals surface area contributed by atoms with Gasteiger partial charge in [-0.3, -0.25) is 0 Å². The fourth-order valence-corrected chi connectivity index (χ4v) is 12.0. The van der Waals surface area contributed by atoms with Crippen molar-refractivity contribution >= 4 is 109 Å². The fourth-order valence-electron chi connectivity index (χ4n) is 12.0. The minimum atomic E-state index is 0.893. The van der Waals surface area contributed by atoms with Gasteiger partial charge in [0.15, 0.2) is 0 Å². The van der Waals surface area contributed by atoms with Crippen LogP contribution in [0.1, 0.15) is 0 Å². The Labute approximate surface area is 405 Å². The molecule has 0 saturated heterocycles. The Morgan fingerprint density at radius 2 is 0.634 bits per heavy atom. The van der Waals surface area contributed by atoms with Crippen molar-refractivity contribution in [2.75, 3.05) is 0 Å². The molecule has 0 radical (unpaired) electrons. The summed E-state index contributed by atoms with van der Waals surface area (Å²) in [5, 5.41) is 11.6. The molecular weight excluding hydrogens is 867 g/mol. The predicted molar refractivity (Wildman–Crippen MR) is 295 cm³/mol. The van der Waals surface area contributed by atoms with E-state index in [-0.39, 0.29) is 0 Å². The SMILES string of the molecule is c1ccc(-n2c3ccc(-c4cccc5c4oc4ccccc45)cc3c3c2ccc2c4ccc5c(c6cc(-c7cccc8c7oc7ccccc78)ccc6n5-c5ccccc5)c4n(-c4ccccc4)c23)cc1. The molecule has 71 heavy (non-hydrogen) atoms. The van der Waals surface area contributed by atoms with Crippen molar-refractivity contribution in [1.29, 1.82) is 0 Å². The zero-order chi connectivity index (χ0) is 46.3. The lowest BCUT2D eigenvalue weighted by Crippen LogP contribution is -1.96. The maximum absolute atomic E-state index is 6.66. The second-order valence-electron chi connectivity index (χ2n) is 18.7. The van der Waals surface area contributed by atoms with Crippen molar-refractivity contribution in [3.63, 3.8) is 0 Å². The lowest BCUT2D eigenvalue weighted by Gasteiger charge is -2.11. The highest BCUT2D eigenvalue weighted by Gasteiger charge is 2.26. The number of para-hydroxylation sites is 7. The molecule has 5 nitrogen and oxygen atoms in total. The Kier molecular flexibility index (Phi) is 7.82. The molecule has 0 unspecified atom stereocenters. The third-order valence-electron chi connectivity index (χ3n) is 15.0. The molecule has 0 aliphatic heterocycles. The molecule has 16 rings (SSSR count). The van der Waals surface area contributed by atoms with Gasteiger partial charge in [0.1, 0.15) is 22.3 Å². The molecule has 330 valence electrons. The molecule has 0 aliphatic rings. The summed E-state index contributed by atoms with van der Waals surface area (Å²) in [6.07, 6.45) is 0. The van der Waals surface area contributed by atoms with E-state index in [9.17, 15) is 0 Å². The molecule has 0 saturated carbocycles. The highest BCUT2D eigenvalue weighted by Crippen LogP contribution is 2.48. The molecular formula is C66H39N3O2. The van der Waals surface area contributed by atoms with Crippen molar-refractivity contribution in [2.45, 2.75) is 0 Å². The van der Waals surface area contributed by atoms with Crippen LogP contribution in [0.15, 0.2) is 245 Å². The first-order valence-electron chi connectivity index (χ1n) is 24.3. The maximum Gasteiger partial charge on any atom is 0.143 e. The van der Waals surface area contributed by atoms with Gasteiger partial charge in [0, 0.05) is 82.1 Å². The summed E-state index contributed by atoms with van der Waals surface area (Å²) in [6, 6.07) is 85.5. The molecule has 16 aromatic rings. The van der Waals surface area contributed by atoms with Gasteiger partial charge >= 0.3 is 0 Å². The topological polar surface area (TPSA) is 41.1 Å². The van der Waals surface area contributed by atoms with E-state index >= 15 is 0 Å². The van der Waals surface area contributed by atoms with Gasteiger partial charge in [-0.1, -0.05) is 152 Å². The zero-order valence-electron chi connectivity index (χ0n) is 38.2. The summed E-state index contributed by atoms with van der Waals surface area (Å²) in [7, 11) is 0. The van der Waals surface area contributed by atoms with Crippen LogP contribution in [-0.4, -0.2) is 13.7 Å². The minimum absolute atomic E-state index is 0.893. The third kappa shape index (κ3) is 5.34. The first-order chi connectivity index (χ1) is 35.2. The summed E-state index contributed by atoms with van der Waals surface area (Å²) in [5.74, 6) is 0. The van der Waals surface area contributed by atoms with Crippen molar-refractivity contribution in [3.8, 4) is 39.3 Å². The molecule has 11 aromatic carbocycles. The van der Waals surface area contributed by atoms with Gasteiger partial charge in [-0.2, -0.15) is 0 Å². The van der Waals surface area contributed by atoms with E-state index in [0.29, 0.717) is 0 Å². The van der Waals surface area contributed by atoms with Crippen molar-refractivity contribution in [2.24, 2.45) is 0 Å². The minimum Gasteiger partial charge on any atom is -0.455 e. The van der Waals surface area contributed by atoms with E-state index in [4.69, 9.17) is 8.83 Å². The number of benzene rings is 11. The lowest BCUT2D eigenvalue weighted by molar-refractivity contribution is 0.669. The van der Waals surface area contributed by atoms with Crippen molar-refractivity contribution in [3.05, 3.63) is 237 Å². The van der Waals surface area contributed by atoms with Crippen LogP contribution >= 0.6 is 0 Å². The summed E-state index contributed by atoms with van der Waals surface area (Å²) in [6.45, 7) is 0. The van der Waals surface area contributed by atoms with Gasteiger partial charge in [-0.05, 0) is 96.1 Å². The number of fused-ring (bicyclic) bond motifs is 17. The van der Waals surface area contributed by atoms with Crippen molar-refractivity contribution in [1.82, 2.24) is 13.7 Å². The van der Waals surface area contributed by atoms with Crippen LogP contribution in [0.2, 0.25) is 0 Å². The maximum atomic E-state index is 6.66. The van der Waals surface area contributed by atoms with E-state index in [1.54, 1.807) is 0 Å². The van der Waals surface area contributed by atoms with E-state index in [0.717, 1.165) is 105 Å². The van der Waals surface area contributed by atoms with E-state index in [2.05, 4.69) is 238 Å². The van der Waals surface area contributed by atoms with Gasteiger partial charge in [-0.15, -0.1) is 0 Å². The van der Waals surface area contributed by atoms with Crippen LogP contribution in [0, 0.1) is 0 Å². The van der Waals surface area contributed by atoms with E-state index in [1.807, 2.05) is 12.1 Å². The smallest absolute Gasteiger partial charge is 0.143 e. The summed E-state index contributed by atoms with van der Waals surface area (Å²) in [5.41, 5.74) is 18.1. The van der Waals surface area contributed by atoms with Gasteiger partial charge in [0.05, 0.1) is 33.1 Å². The Morgan fingerprint density at radius 3 is 1.08 bits per heavy atom. The van der Waals surface area contributed by atoms with Crippen LogP contribution in [0.5, 0.6) is 0 Å². The standard InChI is InChI=1S/C66H39N3O2/c1-4-16-42(17-5-1)67-55-34-30-40(45-24-14-26-51-47-22-10-12-28-59(47)70-65(45)51)38-53(55)61-57(67)36-32-49-50-33-37-58-62(64(50)69(63(49)61)44-20-8-3-9-21-44)54-39-41(31-35-56(54)68(58)43-18-6-2-7-19-43)46-25-15-27-52-48-23-11-13-29-60(48)71-66(46)52/h1-39H. The molecule has 0 amide bonds. The largest absolute Gasteiger partial charge is 0.455 e. The Hall–Kier alpha value is -9.58. The van der Waals surface area contributed by atoms with Crippen molar-refractivity contribution < 1.29 is 8.83 Å². The fraction of sp³-hybridized carbons (Fsp3) is 0. The number of aromatic nitrogens is 3. The molecule has 5 heteroatoms. The van der Waals surface area contributed by atoms with E-state index in [1.165, 1.54) is 43.4 Å². The molecule has 0 bridgehead atoms. The monoisotopic (exact) mass is 905 g/mol. The first-order valence-corrected chi connectivity index (χ1v) is 24.3. The van der Waals surface area contributed by atoms with Crippen LogP contribution in [0.4, 0.5) is 0 Å². The highest BCUT2D eigenvalue weighted by molar-refractivity contribution is 6.32. The van der Waals surface area contributed by atoms with Gasteiger partial charge in [0.2, 0.25) is 0 Å². The van der Waals surface area contributed by atoms with Gasteiger partial charge in [-0.25, -0.2) is 0 Å². The number of nitrogens with zero attached hydrogens (tertiary/aromatic N) is 3. The normalized spacial score (nSPS) is 12.2. The third-order valence-corrected chi connectivity index (χ3v) is 15.0. The predicted octanol–water partition coefficient (Wildman–Crippen LogP) is 18.1. The molecule has 0 fully saturated rings. The number of furan rings is 2. The van der Waals surface area contributed by atoms with Crippen LogP contribution in [0.3, 0.4) is 0 Å². The molecule has 0 aliphatic carbocycles. The molecule has 0 N–H and O–H groups in total. The first kappa shape index (κ1) is 38.4. The molecule has 0 atom stereocenters. The second-order valence-corrected chi connectivity index (χ2v) is 18.7. The summed E-state index contributed by atoms with van der Waals surface area (Å²) < 4.78 is 20.8. The molecule has 5 heterocycles. The highest BCUT2D eigenvalue weighted by atomic mass is 16.3. The quantitative estimate of drug-likeness (QED) is 0.173. The Bertz CT molecular complexity index is 4570.